The third kappa shape index (κ3) is 1.69. The molecule has 0 aliphatic heterocycles. The van der Waals surface area contributed by atoms with Crippen molar-refractivity contribution in [2.75, 3.05) is 6.54 Å². The lowest BCUT2D eigenvalue weighted by atomic mass is 10.2. The quantitative estimate of drug-likeness (QED) is 0.691. The minimum atomic E-state index is 0.620. The van der Waals surface area contributed by atoms with Gasteiger partial charge in [0.1, 0.15) is 0 Å². The first-order valence-electron chi connectivity index (χ1n) is 3.24. The van der Waals surface area contributed by atoms with E-state index >= 15 is 0 Å². The fourth-order valence-electron chi connectivity index (χ4n) is 0.736. The van der Waals surface area contributed by atoms with Gasteiger partial charge in [0.2, 0.25) is 0 Å². The van der Waals surface area contributed by atoms with Crippen LogP contribution in [0.3, 0.4) is 0 Å². The molecule has 0 unspecified atom stereocenters. The van der Waals surface area contributed by atoms with Crippen LogP contribution >= 0.6 is 11.3 Å². The Morgan fingerprint density at radius 1 is 1.60 bits per heavy atom. The summed E-state index contributed by atoms with van der Waals surface area (Å²) >= 11 is 1.72. The molecule has 0 atom stereocenters. The Labute approximate surface area is 65.2 Å². The lowest BCUT2D eigenvalue weighted by Crippen LogP contribution is -1.91. The van der Waals surface area contributed by atoms with Crippen LogP contribution in [-0.4, -0.2) is 6.54 Å². The molecule has 1 aromatic heterocycles. The summed E-state index contributed by atoms with van der Waals surface area (Å²) in [5.41, 5.74) is 7.93. The summed E-state index contributed by atoms with van der Waals surface area (Å²) < 4.78 is 0. The fraction of sp³-hybridized carbons (Fsp3) is 0.250. The van der Waals surface area contributed by atoms with E-state index in [-0.39, 0.29) is 0 Å². The van der Waals surface area contributed by atoms with E-state index in [1.807, 2.05) is 6.08 Å². The first-order valence-corrected chi connectivity index (χ1v) is 4.18. The molecule has 0 radical (unpaired) electrons. The lowest BCUT2D eigenvalue weighted by molar-refractivity contribution is 1.26. The first kappa shape index (κ1) is 7.51. The number of thiophene rings is 1. The van der Waals surface area contributed by atoms with Gasteiger partial charge in [0, 0.05) is 6.54 Å². The smallest absolute Gasteiger partial charge is 0.0110 e. The number of rotatable bonds is 2. The Balaban J connectivity index is 2.74. The van der Waals surface area contributed by atoms with Crippen molar-refractivity contribution in [3.05, 3.63) is 28.0 Å². The van der Waals surface area contributed by atoms with Crippen LogP contribution in [0.15, 0.2) is 16.8 Å². The van der Waals surface area contributed by atoms with E-state index < -0.39 is 0 Å². The highest BCUT2D eigenvalue weighted by Crippen LogP contribution is 2.14. The monoisotopic (exact) mass is 153 g/mol. The molecule has 0 aliphatic rings. The van der Waals surface area contributed by atoms with Crippen molar-refractivity contribution in [2.24, 2.45) is 5.73 Å². The minimum Gasteiger partial charge on any atom is -0.327 e. The largest absolute Gasteiger partial charge is 0.327 e. The van der Waals surface area contributed by atoms with E-state index in [1.165, 1.54) is 11.1 Å². The van der Waals surface area contributed by atoms with Gasteiger partial charge in [-0.05, 0) is 28.8 Å². The summed E-state index contributed by atoms with van der Waals surface area (Å²) in [6.07, 6.45) is 4.03. The molecule has 1 heterocycles. The number of hydrogen-bond acceptors (Lipinski definition) is 2. The van der Waals surface area contributed by atoms with Gasteiger partial charge in [-0.2, -0.15) is 11.3 Å². The second-order valence-corrected chi connectivity index (χ2v) is 2.89. The van der Waals surface area contributed by atoms with Crippen molar-refractivity contribution in [1.29, 1.82) is 0 Å². The van der Waals surface area contributed by atoms with Crippen LogP contribution in [0.4, 0.5) is 0 Å². The molecule has 2 N–H and O–H groups in total. The second-order valence-electron chi connectivity index (χ2n) is 2.15. The third-order valence-electron chi connectivity index (χ3n) is 1.33. The van der Waals surface area contributed by atoms with Gasteiger partial charge >= 0.3 is 0 Å². The zero-order valence-electron chi connectivity index (χ0n) is 6.00. The van der Waals surface area contributed by atoms with Gasteiger partial charge in [-0.3, -0.25) is 0 Å². The third-order valence-corrected chi connectivity index (χ3v) is 2.21. The molecule has 10 heavy (non-hydrogen) atoms. The van der Waals surface area contributed by atoms with Crippen LogP contribution < -0.4 is 5.73 Å². The summed E-state index contributed by atoms with van der Waals surface area (Å²) in [5.74, 6) is 0. The molecule has 0 bridgehead atoms. The van der Waals surface area contributed by atoms with Crippen molar-refractivity contribution in [1.82, 2.24) is 0 Å². The minimum absolute atomic E-state index is 0.620. The Morgan fingerprint density at radius 2 is 2.40 bits per heavy atom. The molecule has 1 nitrogen and oxygen atoms in total. The molecule has 0 aromatic carbocycles. The summed E-state index contributed by atoms with van der Waals surface area (Å²) in [5, 5.41) is 4.26. The highest BCUT2D eigenvalue weighted by Gasteiger charge is 1.91. The second kappa shape index (κ2) is 3.54. The molecule has 1 aromatic rings. The van der Waals surface area contributed by atoms with Crippen LogP contribution in [-0.2, 0) is 0 Å². The molecule has 0 saturated heterocycles. The van der Waals surface area contributed by atoms with Crippen molar-refractivity contribution >= 4 is 17.4 Å². The van der Waals surface area contributed by atoms with E-state index in [2.05, 4.69) is 23.8 Å². The van der Waals surface area contributed by atoms with Crippen LogP contribution in [0.25, 0.3) is 6.08 Å². The van der Waals surface area contributed by atoms with Gasteiger partial charge in [0.15, 0.2) is 0 Å². The average molecular weight is 153 g/mol. The number of aryl methyl sites for hydroxylation is 1. The molecule has 0 saturated carbocycles. The number of hydrogen-bond donors (Lipinski definition) is 1. The molecule has 54 valence electrons. The SMILES string of the molecule is Cc1cscc1C=CCN. The van der Waals surface area contributed by atoms with Crippen molar-refractivity contribution in [3.63, 3.8) is 0 Å². The van der Waals surface area contributed by atoms with E-state index in [1.54, 1.807) is 11.3 Å². The van der Waals surface area contributed by atoms with Gasteiger partial charge in [-0.25, -0.2) is 0 Å². The molecule has 1 rings (SSSR count). The number of nitrogens with two attached hydrogens (primary N) is 1. The summed E-state index contributed by atoms with van der Waals surface area (Å²) in [6.45, 7) is 2.72. The van der Waals surface area contributed by atoms with Crippen molar-refractivity contribution in [2.45, 2.75) is 6.92 Å². The average Bonchev–Trinajstić information content (AvgIpc) is 2.31. The molecule has 0 fully saturated rings. The highest BCUT2D eigenvalue weighted by molar-refractivity contribution is 7.08. The van der Waals surface area contributed by atoms with Gasteiger partial charge in [-0.15, -0.1) is 0 Å². The summed E-state index contributed by atoms with van der Waals surface area (Å²) in [7, 11) is 0. The standard InChI is InChI=1S/C8H11NS/c1-7-5-10-6-8(7)3-2-4-9/h2-3,5-6H,4,9H2,1H3. The summed E-state index contributed by atoms with van der Waals surface area (Å²) in [4.78, 5) is 0. The van der Waals surface area contributed by atoms with Gasteiger partial charge in [0.25, 0.3) is 0 Å². The van der Waals surface area contributed by atoms with Crippen LogP contribution in [0.2, 0.25) is 0 Å². The molecule has 2 heteroatoms. The van der Waals surface area contributed by atoms with Crippen LogP contribution in [0.1, 0.15) is 11.1 Å². The lowest BCUT2D eigenvalue weighted by Gasteiger charge is -1.86. The van der Waals surface area contributed by atoms with Gasteiger partial charge < -0.3 is 5.73 Å². The van der Waals surface area contributed by atoms with E-state index in [9.17, 15) is 0 Å². The van der Waals surface area contributed by atoms with E-state index in [4.69, 9.17) is 5.73 Å². The fourth-order valence-corrected chi connectivity index (χ4v) is 1.56. The Morgan fingerprint density at radius 3 is 2.90 bits per heavy atom. The van der Waals surface area contributed by atoms with Crippen LogP contribution in [0, 0.1) is 6.92 Å². The maximum absolute atomic E-state index is 5.31. The Hall–Kier alpha value is -0.600. The Bertz CT molecular complexity index is 225. The first-order chi connectivity index (χ1) is 4.84. The maximum atomic E-state index is 5.31. The van der Waals surface area contributed by atoms with Crippen molar-refractivity contribution in [3.8, 4) is 0 Å². The highest BCUT2D eigenvalue weighted by atomic mass is 32.1. The summed E-state index contributed by atoms with van der Waals surface area (Å²) in [6, 6.07) is 0. The van der Waals surface area contributed by atoms with Crippen LogP contribution in [0.5, 0.6) is 0 Å². The zero-order valence-corrected chi connectivity index (χ0v) is 6.82. The van der Waals surface area contributed by atoms with Gasteiger partial charge in [0.05, 0.1) is 0 Å². The van der Waals surface area contributed by atoms with Crippen molar-refractivity contribution < 1.29 is 0 Å². The predicted molar refractivity (Wildman–Crippen MR) is 47.1 cm³/mol. The van der Waals surface area contributed by atoms with E-state index in [0.717, 1.165) is 0 Å². The molecule has 0 amide bonds. The maximum Gasteiger partial charge on any atom is 0.0110 e. The normalized spacial score (nSPS) is 11.0. The van der Waals surface area contributed by atoms with Gasteiger partial charge in [-0.1, -0.05) is 12.2 Å². The zero-order chi connectivity index (χ0) is 7.40. The Kier molecular flexibility index (Phi) is 2.66. The van der Waals surface area contributed by atoms with E-state index in [0.29, 0.717) is 6.54 Å². The topological polar surface area (TPSA) is 26.0 Å². The molecular formula is C8H11NS. The molecular weight excluding hydrogens is 142 g/mol. The molecule has 0 spiro atoms. The predicted octanol–water partition coefficient (Wildman–Crippen LogP) is 2.03. The molecule has 0 aliphatic carbocycles.